The maximum absolute atomic E-state index is 13.9. The molecule has 2 aliphatic rings. The Hall–Kier alpha value is -0.790. The van der Waals surface area contributed by atoms with Crippen LogP contribution < -0.4 is 5.32 Å². The van der Waals surface area contributed by atoms with E-state index in [0.29, 0.717) is 19.0 Å². The molecule has 5 nitrogen and oxygen atoms in total. The number of nitrogens with zero attached hydrogens (tertiary/aromatic N) is 2. The highest BCUT2D eigenvalue weighted by atomic mass is 19.3. The summed E-state index contributed by atoms with van der Waals surface area (Å²) < 4.78 is 27.7. The van der Waals surface area contributed by atoms with E-state index in [1.165, 1.54) is 0 Å². The van der Waals surface area contributed by atoms with Gasteiger partial charge in [0, 0.05) is 19.1 Å². The normalized spacial score (nSPS) is 23.4. The van der Waals surface area contributed by atoms with Crippen molar-refractivity contribution >= 4 is 5.91 Å². The van der Waals surface area contributed by atoms with Crippen LogP contribution in [0.1, 0.15) is 32.1 Å². The van der Waals surface area contributed by atoms with Crippen LogP contribution in [0.3, 0.4) is 0 Å². The SMILES string of the molecule is CN(C)C1CCN(CCNC(=O)C(F)(F)C2(O)CCC2)CC1. The highest BCUT2D eigenvalue weighted by molar-refractivity contribution is 5.85. The lowest BCUT2D eigenvalue weighted by Gasteiger charge is -2.41. The summed E-state index contributed by atoms with van der Waals surface area (Å²) >= 11 is 0. The van der Waals surface area contributed by atoms with Gasteiger partial charge in [-0.2, -0.15) is 8.78 Å². The van der Waals surface area contributed by atoms with Crippen molar-refractivity contribution in [1.82, 2.24) is 15.1 Å². The van der Waals surface area contributed by atoms with Crippen LogP contribution in [0, 0.1) is 0 Å². The molecule has 2 rings (SSSR count). The van der Waals surface area contributed by atoms with Gasteiger partial charge in [-0.3, -0.25) is 4.79 Å². The number of hydrogen-bond acceptors (Lipinski definition) is 4. The Morgan fingerprint density at radius 3 is 2.41 bits per heavy atom. The molecule has 0 aromatic heterocycles. The number of amides is 1. The summed E-state index contributed by atoms with van der Waals surface area (Å²) in [5.41, 5.74) is -2.14. The van der Waals surface area contributed by atoms with E-state index in [-0.39, 0.29) is 19.4 Å². The van der Waals surface area contributed by atoms with Gasteiger partial charge in [-0.25, -0.2) is 0 Å². The summed E-state index contributed by atoms with van der Waals surface area (Å²) in [5, 5.41) is 12.0. The average Bonchev–Trinajstić information content (AvgIpc) is 2.44. The highest BCUT2D eigenvalue weighted by Gasteiger charge is 2.61. The fraction of sp³-hybridized carbons (Fsp3) is 0.933. The van der Waals surface area contributed by atoms with Crippen molar-refractivity contribution in [3.63, 3.8) is 0 Å². The van der Waals surface area contributed by atoms with Gasteiger partial charge in [0.2, 0.25) is 0 Å². The van der Waals surface area contributed by atoms with Crippen molar-refractivity contribution in [2.45, 2.75) is 49.7 Å². The molecule has 0 aromatic rings. The molecule has 0 aromatic carbocycles. The average molecular weight is 319 g/mol. The van der Waals surface area contributed by atoms with E-state index < -0.39 is 17.4 Å². The van der Waals surface area contributed by atoms with Crippen LogP contribution in [0.15, 0.2) is 0 Å². The third kappa shape index (κ3) is 3.58. The quantitative estimate of drug-likeness (QED) is 0.756. The molecule has 0 spiro atoms. The summed E-state index contributed by atoms with van der Waals surface area (Å²) in [5.74, 6) is -5.04. The first-order valence-corrected chi connectivity index (χ1v) is 8.03. The zero-order valence-corrected chi connectivity index (χ0v) is 13.4. The third-order valence-corrected chi connectivity index (χ3v) is 5.05. The van der Waals surface area contributed by atoms with Crippen molar-refractivity contribution in [2.75, 3.05) is 40.3 Å². The molecular formula is C15H27F2N3O2. The Labute approximate surface area is 130 Å². The second kappa shape index (κ2) is 6.76. The number of hydrogen-bond donors (Lipinski definition) is 2. The van der Waals surface area contributed by atoms with Crippen molar-refractivity contribution in [2.24, 2.45) is 0 Å². The van der Waals surface area contributed by atoms with Crippen LogP contribution in [0.2, 0.25) is 0 Å². The second-order valence-electron chi connectivity index (χ2n) is 6.75. The van der Waals surface area contributed by atoms with Gasteiger partial charge in [-0.15, -0.1) is 0 Å². The molecule has 1 saturated heterocycles. The summed E-state index contributed by atoms with van der Waals surface area (Å²) in [6.45, 7) is 2.59. The van der Waals surface area contributed by atoms with E-state index >= 15 is 0 Å². The van der Waals surface area contributed by atoms with Gasteiger partial charge in [0.1, 0.15) is 5.60 Å². The van der Waals surface area contributed by atoms with Crippen LogP contribution in [-0.4, -0.2) is 78.7 Å². The molecule has 0 bridgehead atoms. The van der Waals surface area contributed by atoms with Gasteiger partial charge in [-0.1, -0.05) is 0 Å². The number of aliphatic hydroxyl groups is 1. The van der Waals surface area contributed by atoms with Crippen molar-refractivity contribution in [1.29, 1.82) is 0 Å². The fourth-order valence-corrected chi connectivity index (χ4v) is 3.13. The van der Waals surface area contributed by atoms with Gasteiger partial charge >= 0.3 is 5.92 Å². The number of carbonyl (C=O) groups is 1. The Morgan fingerprint density at radius 1 is 1.36 bits per heavy atom. The molecule has 1 aliphatic heterocycles. The third-order valence-electron chi connectivity index (χ3n) is 5.05. The number of carbonyl (C=O) groups excluding carboxylic acids is 1. The number of rotatable bonds is 6. The van der Waals surface area contributed by atoms with Gasteiger partial charge in [0.15, 0.2) is 0 Å². The molecule has 1 saturated carbocycles. The first-order valence-electron chi connectivity index (χ1n) is 8.03. The van der Waals surface area contributed by atoms with E-state index in [2.05, 4.69) is 29.2 Å². The zero-order valence-electron chi connectivity index (χ0n) is 13.4. The Kier molecular flexibility index (Phi) is 5.40. The molecule has 0 unspecified atom stereocenters. The van der Waals surface area contributed by atoms with Crippen LogP contribution >= 0.6 is 0 Å². The minimum Gasteiger partial charge on any atom is -0.383 e. The lowest BCUT2D eigenvalue weighted by atomic mass is 9.75. The number of piperidine rings is 1. The molecule has 22 heavy (non-hydrogen) atoms. The number of alkyl halides is 2. The van der Waals surface area contributed by atoms with Crippen molar-refractivity contribution in [3.05, 3.63) is 0 Å². The maximum atomic E-state index is 13.9. The molecule has 1 amide bonds. The van der Waals surface area contributed by atoms with E-state index in [4.69, 9.17) is 0 Å². The monoisotopic (exact) mass is 319 g/mol. The largest absolute Gasteiger partial charge is 0.383 e. The van der Waals surface area contributed by atoms with Crippen LogP contribution in [-0.2, 0) is 4.79 Å². The molecule has 2 N–H and O–H groups in total. The van der Waals surface area contributed by atoms with Crippen molar-refractivity contribution in [3.8, 4) is 0 Å². The van der Waals surface area contributed by atoms with Gasteiger partial charge in [0.25, 0.3) is 5.91 Å². The minimum absolute atomic E-state index is 0.00846. The number of likely N-dealkylation sites (tertiary alicyclic amines) is 1. The molecule has 1 aliphatic carbocycles. The second-order valence-corrected chi connectivity index (χ2v) is 6.75. The summed E-state index contributed by atoms with van der Waals surface area (Å²) in [6, 6.07) is 0.572. The first kappa shape index (κ1) is 17.6. The minimum atomic E-state index is -3.69. The van der Waals surface area contributed by atoms with Gasteiger partial charge < -0.3 is 20.2 Å². The summed E-state index contributed by atoms with van der Waals surface area (Å²) in [4.78, 5) is 16.0. The Bertz CT molecular complexity index is 392. The predicted octanol–water partition coefficient (Wildman–Crippen LogP) is 0.679. The van der Waals surface area contributed by atoms with Gasteiger partial charge in [-0.05, 0) is 59.3 Å². The topological polar surface area (TPSA) is 55.8 Å². The van der Waals surface area contributed by atoms with Crippen LogP contribution in [0.5, 0.6) is 0 Å². The number of nitrogens with one attached hydrogen (secondary N) is 1. The van der Waals surface area contributed by atoms with E-state index in [1.54, 1.807) is 0 Å². The van der Waals surface area contributed by atoms with E-state index in [0.717, 1.165) is 25.9 Å². The smallest absolute Gasteiger partial charge is 0.352 e. The zero-order chi connectivity index (χ0) is 16.4. The molecule has 0 radical (unpaired) electrons. The lowest BCUT2D eigenvalue weighted by molar-refractivity contribution is -0.215. The molecule has 128 valence electrons. The van der Waals surface area contributed by atoms with Gasteiger partial charge in [0.05, 0.1) is 0 Å². The standard InChI is InChI=1S/C15H27F2N3O2/c1-19(2)12-4-9-20(10-5-12)11-8-18-13(21)15(16,17)14(22)6-3-7-14/h12,22H,3-11H2,1-2H3,(H,18,21). The first-order chi connectivity index (χ1) is 10.3. The predicted molar refractivity (Wildman–Crippen MR) is 79.9 cm³/mol. The Morgan fingerprint density at radius 2 is 1.95 bits per heavy atom. The molecule has 0 atom stereocenters. The highest BCUT2D eigenvalue weighted by Crippen LogP contribution is 2.44. The van der Waals surface area contributed by atoms with E-state index in [9.17, 15) is 18.7 Å². The molecular weight excluding hydrogens is 292 g/mol. The molecule has 7 heteroatoms. The Balaban J connectivity index is 1.69. The molecule has 1 heterocycles. The van der Waals surface area contributed by atoms with Crippen LogP contribution in [0.4, 0.5) is 8.78 Å². The fourth-order valence-electron chi connectivity index (χ4n) is 3.13. The van der Waals surface area contributed by atoms with Crippen molar-refractivity contribution < 1.29 is 18.7 Å². The summed E-state index contributed by atoms with van der Waals surface area (Å²) in [7, 11) is 4.13. The van der Waals surface area contributed by atoms with Crippen LogP contribution in [0.25, 0.3) is 0 Å². The summed E-state index contributed by atoms with van der Waals surface area (Å²) in [6.07, 6.45) is 2.63. The van der Waals surface area contributed by atoms with E-state index in [1.807, 2.05) is 0 Å². The maximum Gasteiger partial charge on any atom is 0.352 e. The lowest BCUT2D eigenvalue weighted by Crippen LogP contribution is -2.61. The number of halogens is 2. The molecule has 2 fully saturated rings.